The third kappa shape index (κ3) is 1.86. The molecule has 0 radical (unpaired) electrons. The molecule has 0 spiro atoms. The lowest BCUT2D eigenvalue weighted by molar-refractivity contribution is 0.346. The smallest absolute Gasteiger partial charge is 0.220 e. The predicted molar refractivity (Wildman–Crippen MR) is 59.4 cm³/mol. The fourth-order valence-corrected chi connectivity index (χ4v) is 1.58. The zero-order valence-corrected chi connectivity index (χ0v) is 8.44. The van der Waals surface area contributed by atoms with Gasteiger partial charge in [-0.25, -0.2) is 4.99 Å². The number of aromatic hydroxyl groups is 1. The van der Waals surface area contributed by atoms with Gasteiger partial charge in [-0.15, -0.1) is 6.58 Å². The Balaban J connectivity index is 2.39. The molecule has 0 fully saturated rings. The molecule has 2 rings (SSSR count). The summed E-state index contributed by atoms with van der Waals surface area (Å²) in [4.78, 5) is 4.18. The van der Waals surface area contributed by atoms with E-state index < -0.39 is 0 Å². The minimum absolute atomic E-state index is 0.248. The minimum atomic E-state index is 0.248. The number of aliphatic imine (C=N–C) groups is 1. The Bertz CT molecular complexity index is 410. The summed E-state index contributed by atoms with van der Waals surface area (Å²) in [6.07, 6.45) is 2.41. The molecule has 15 heavy (non-hydrogen) atoms. The van der Waals surface area contributed by atoms with E-state index in [2.05, 4.69) is 11.6 Å². The summed E-state index contributed by atoms with van der Waals surface area (Å²) in [5.41, 5.74) is 1.52. The number of rotatable bonds is 3. The number of allylic oxidation sites excluding steroid dienone is 1. The second-order valence-corrected chi connectivity index (χ2v) is 3.34. The Hall–Kier alpha value is -1.77. The molecule has 0 saturated carbocycles. The summed E-state index contributed by atoms with van der Waals surface area (Å²) < 4.78 is 5.32. The Morgan fingerprint density at radius 1 is 1.53 bits per heavy atom. The van der Waals surface area contributed by atoms with Crippen LogP contribution in [0.15, 0.2) is 35.8 Å². The van der Waals surface area contributed by atoms with Crippen molar-refractivity contribution in [3.05, 3.63) is 42.0 Å². The fraction of sp³-hybridized carbons (Fsp3) is 0.250. The lowest BCUT2D eigenvalue weighted by Gasteiger charge is -2.07. The van der Waals surface area contributed by atoms with E-state index in [0.717, 1.165) is 5.56 Å². The van der Waals surface area contributed by atoms with Crippen LogP contribution in [0.2, 0.25) is 0 Å². The molecule has 1 aliphatic heterocycles. The summed E-state index contributed by atoms with van der Waals surface area (Å²) in [6, 6.07) is 5.57. The Morgan fingerprint density at radius 3 is 3.07 bits per heavy atom. The maximum absolute atomic E-state index is 9.97. The van der Waals surface area contributed by atoms with E-state index in [1.165, 1.54) is 0 Å². The Morgan fingerprint density at radius 2 is 2.40 bits per heavy atom. The molecule has 1 aliphatic rings. The van der Waals surface area contributed by atoms with Crippen molar-refractivity contribution in [2.45, 2.75) is 6.42 Å². The fourth-order valence-electron chi connectivity index (χ4n) is 1.58. The van der Waals surface area contributed by atoms with Gasteiger partial charge in [0.1, 0.15) is 12.4 Å². The first-order valence-electron chi connectivity index (χ1n) is 4.92. The van der Waals surface area contributed by atoms with E-state index >= 15 is 0 Å². The van der Waals surface area contributed by atoms with Crippen LogP contribution in [0.5, 0.6) is 5.75 Å². The molecule has 3 nitrogen and oxygen atoms in total. The quantitative estimate of drug-likeness (QED) is 0.762. The predicted octanol–water partition coefficient (Wildman–Crippen LogP) is 1.90. The number of hydrogen-bond donors (Lipinski definition) is 1. The van der Waals surface area contributed by atoms with E-state index in [4.69, 9.17) is 4.74 Å². The third-order valence-corrected chi connectivity index (χ3v) is 2.30. The number of para-hydroxylation sites is 1. The summed E-state index contributed by atoms with van der Waals surface area (Å²) in [5, 5.41) is 9.97. The molecular formula is C12H13NO2. The van der Waals surface area contributed by atoms with Gasteiger partial charge in [0.25, 0.3) is 0 Å². The standard InChI is InChI=1S/C12H13NO2/c1-2-4-9-5-3-6-10(11(9)14)12-13-7-8-15-12/h2-3,5-6,14H,1,4,7-8H2. The van der Waals surface area contributed by atoms with Crippen molar-refractivity contribution >= 4 is 5.90 Å². The SMILES string of the molecule is C=CCc1cccc(C2=NCCO2)c1O. The van der Waals surface area contributed by atoms with Crippen LogP contribution in [0.25, 0.3) is 0 Å². The summed E-state index contributed by atoms with van der Waals surface area (Å²) in [7, 11) is 0. The zero-order chi connectivity index (χ0) is 10.7. The van der Waals surface area contributed by atoms with Crippen molar-refractivity contribution < 1.29 is 9.84 Å². The van der Waals surface area contributed by atoms with Crippen LogP contribution in [0.3, 0.4) is 0 Å². The number of phenols is 1. The third-order valence-electron chi connectivity index (χ3n) is 2.30. The van der Waals surface area contributed by atoms with Gasteiger partial charge in [-0.1, -0.05) is 18.2 Å². The summed E-state index contributed by atoms with van der Waals surface area (Å²) in [5.74, 6) is 0.788. The van der Waals surface area contributed by atoms with Crippen LogP contribution < -0.4 is 0 Å². The van der Waals surface area contributed by atoms with Crippen LogP contribution in [-0.4, -0.2) is 24.2 Å². The monoisotopic (exact) mass is 203 g/mol. The molecule has 1 aromatic carbocycles. The van der Waals surface area contributed by atoms with Crippen molar-refractivity contribution in [3.63, 3.8) is 0 Å². The van der Waals surface area contributed by atoms with Crippen LogP contribution in [0.4, 0.5) is 0 Å². The van der Waals surface area contributed by atoms with Gasteiger partial charge in [-0.3, -0.25) is 0 Å². The van der Waals surface area contributed by atoms with Gasteiger partial charge >= 0.3 is 0 Å². The van der Waals surface area contributed by atoms with Crippen LogP contribution >= 0.6 is 0 Å². The topological polar surface area (TPSA) is 41.8 Å². The molecule has 0 bridgehead atoms. The Labute approximate surface area is 88.7 Å². The van der Waals surface area contributed by atoms with Gasteiger partial charge in [0.15, 0.2) is 0 Å². The van der Waals surface area contributed by atoms with Gasteiger partial charge in [0.05, 0.1) is 12.1 Å². The highest BCUT2D eigenvalue weighted by atomic mass is 16.5. The van der Waals surface area contributed by atoms with Gasteiger partial charge in [-0.2, -0.15) is 0 Å². The molecule has 1 heterocycles. The number of benzene rings is 1. The molecule has 78 valence electrons. The van der Waals surface area contributed by atoms with E-state index in [0.29, 0.717) is 31.0 Å². The first-order chi connectivity index (χ1) is 7.33. The number of hydrogen-bond acceptors (Lipinski definition) is 3. The van der Waals surface area contributed by atoms with Crippen molar-refractivity contribution in [1.29, 1.82) is 0 Å². The highest BCUT2D eigenvalue weighted by Crippen LogP contribution is 2.25. The van der Waals surface area contributed by atoms with Gasteiger partial charge < -0.3 is 9.84 Å². The van der Waals surface area contributed by atoms with Crippen molar-refractivity contribution in [2.75, 3.05) is 13.2 Å². The second-order valence-electron chi connectivity index (χ2n) is 3.34. The molecule has 1 N–H and O–H groups in total. The number of ether oxygens (including phenoxy) is 1. The maximum Gasteiger partial charge on any atom is 0.220 e. The van der Waals surface area contributed by atoms with E-state index in [-0.39, 0.29) is 5.75 Å². The van der Waals surface area contributed by atoms with Crippen LogP contribution in [0.1, 0.15) is 11.1 Å². The molecule has 0 unspecified atom stereocenters. The molecule has 0 aromatic heterocycles. The molecular weight excluding hydrogens is 190 g/mol. The summed E-state index contributed by atoms with van der Waals surface area (Å²) >= 11 is 0. The first-order valence-corrected chi connectivity index (χ1v) is 4.92. The second kappa shape index (κ2) is 4.17. The lowest BCUT2D eigenvalue weighted by Crippen LogP contribution is -2.02. The zero-order valence-electron chi connectivity index (χ0n) is 8.44. The van der Waals surface area contributed by atoms with Gasteiger partial charge in [0, 0.05) is 0 Å². The van der Waals surface area contributed by atoms with Crippen molar-refractivity contribution in [1.82, 2.24) is 0 Å². The van der Waals surface area contributed by atoms with E-state index in [1.54, 1.807) is 6.08 Å². The maximum atomic E-state index is 9.97. The summed E-state index contributed by atoms with van der Waals surface area (Å²) in [6.45, 7) is 4.92. The van der Waals surface area contributed by atoms with E-state index in [9.17, 15) is 5.11 Å². The molecule has 0 atom stereocenters. The van der Waals surface area contributed by atoms with Crippen molar-refractivity contribution in [3.8, 4) is 5.75 Å². The molecule has 3 heteroatoms. The average molecular weight is 203 g/mol. The van der Waals surface area contributed by atoms with Crippen LogP contribution in [-0.2, 0) is 11.2 Å². The Kier molecular flexibility index (Phi) is 2.72. The highest BCUT2D eigenvalue weighted by Gasteiger charge is 2.15. The number of nitrogens with zero attached hydrogens (tertiary/aromatic N) is 1. The largest absolute Gasteiger partial charge is 0.507 e. The van der Waals surface area contributed by atoms with E-state index in [1.807, 2.05) is 18.2 Å². The molecule has 0 amide bonds. The van der Waals surface area contributed by atoms with Crippen LogP contribution in [0, 0.1) is 0 Å². The molecule has 0 saturated heterocycles. The average Bonchev–Trinajstić information content (AvgIpc) is 2.74. The minimum Gasteiger partial charge on any atom is -0.507 e. The number of phenolic OH excluding ortho intramolecular Hbond substituents is 1. The van der Waals surface area contributed by atoms with Crippen molar-refractivity contribution in [2.24, 2.45) is 4.99 Å². The molecule has 0 aliphatic carbocycles. The lowest BCUT2D eigenvalue weighted by atomic mass is 10.1. The van der Waals surface area contributed by atoms with Gasteiger partial charge in [-0.05, 0) is 18.1 Å². The van der Waals surface area contributed by atoms with Gasteiger partial charge in [0.2, 0.25) is 5.90 Å². The normalized spacial score (nSPS) is 14.5. The first kappa shape index (κ1) is 9.77. The molecule has 1 aromatic rings. The highest BCUT2D eigenvalue weighted by molar-refractivity contribution is 5.97.